The second kappa shape index (κ2) is 5.90. The summed E-state index contributed by atoms with van der Waals surface area (Å²) in [6.45, 7) is 11.4. The standard InChI is InChI=1S/C14H23NO/c1-10(2)15-9-13(5)16-14-7-11(3)6-12(4)8-14/h6-8,10,13,15H,9H2,1-5H3. The van der Waals surface area contributed by atoms with Crippen molar-refractivity contribution in [2.24, 2.45) is 0 Å². The molecule has 1 rings (SSSR count). The van der Waals surface area contributed by atoms with Gasteiger partial charge >= 0.3 is 0 Å². The number of hydrogen-bond acceptors (Lipinski definition) is 2. The SMILES string of the molecule is Cc1cc(C)cc(OC(C)CNC(C)C)c1. The lowest BCUT2D eigenvalue weighted by Crippen LogP contribution is -2.33. The molecule has 1 atom stereocenters. The molecule has 0 aliphatic heterocycles. The van der Waals surface area contributed by atoms with Crippen molar-refractivity contribution in [1.29, 1.82) is 0 Å². The topological polar surface area (TPSA) is 21.3 Å². The molecule has 1 N–H and O–H groups in total. The van der Waals surface area contributed by atoms with Crippen LogP contribution in [0.25, 0.3) is 0 Å². The van der Waals surface area contributed by atoms with Crippen LogP contribution in [0.5, 0.6) is 5.75 Å². The van der Waals surface area contributed by atoms with Crippen molar-refractivity contribution in [3.63, 3.8) is 0 Å². The Hall–Kier alpha value is -1.02. The number of rotatable bonds is 5. The van der Waals surface area contributed by atoms with E-state index >= 15 is 0 Å². The first-order valence-corrected chi connectivity index (χ1v) is 5.95. The maximum atomic E-state index is 5.86. The second-order valence-electron chi connectivity index (χ2n) is 4.81. The van der Waals surface area contributed by atoms with Gasteiger partial charge in [-0.05, 0) is 44.0 Å². The zero-order valence-electron chi connectivity index (χ0n) is 11.0. The first kappa shape index (κ1) is 13.0. The summed E-state index contributed by atoms with van der Waals surface area (Å²) in [7, 11) is 0. The smallest absolute Gasteiger partial charge is 0.120 e. The van der Waals surface area contributed by atoms with Gasteiger partial charge in [0.15, 0.2) is 0 Å². The molecular formula is C14H23NO. The van der Waals surface area contributed by atoms with Crippen LogP contribution in [-0.2, 0) is 0 Å². The normalized spacial score (nSPS) is 12.9. The molecule has 1 aromatic carbocycles. The van der Waals surface area contributed by atoms with Crippen LogP contribution in [0.3, 0.4) is 0 Å². The molecule has 0 aromatic heterocycles. The van der Waals surface area contributed by atoms with Crippen molar-refractivity contribution in [3.8, 4) is 5.75 Å². The predicted octanol–water partition coefficient (Wildman–Crippen LogP) is 3.07. The second-order valence-corrected chi connectivity index (χ2v) is 4.81. The molecule has 2 nitrogen and oxygen atoms in total. The Balaban J connectivity index is 2.52. The quantitative estimate of drug-likeness (QED) is 0.825. The van der Waals surface area contributed by atoms with Crippen LogP contribution in [0, 0.1) is 13.8 Å². The first-order valence-electron chi connectivity index (χ1n) is 5.95. The van der Waals surface area contributed by atoms with Gasteiger partial charge in [0.2, 0.25) is 0 Å². The van der Waals surface area contributed by atoms with E-state index in [-0.39, 0.29) is 6.10 Å². The van der Waals surface area contributed by atoms with Crippen LogP contribution in [0.1, 0.15) is 31.9 Å². The molecule has 0 fully saturated rings. The van der Waals surface area contributed by atoms with Gasteiger partial charge in [-0.2, -0.15) is 0 Å². The highest BCUT2D eigenvalue weighted by molar-refractivity contribution is 5.33. The predicted molar refractivity (Wildman–Crippen MR) is 69.1 cm³/mol. The molecule has 0 aliphatic carbocycles. The molecule has 0 amide bonds. The number of hydrogen-bond donors (Lipinski definition) is 1. The maximum Gasteiger partial charge on any atom is 0.120 e. The maximum absolute atomic E-state index is 5.86. The van der Waals surface area contributed by atoms with Crippen molar-refractivity contribution < 1.29 is 4.74 Å². The largest absolute Gasteiger partial charge is 0.489 e. The summed E-state index contributed by atoms with van der Waals surface area (Å²) in [6.07, 6.45) is 0.198. The fourth-order valence-corrected chi connectivity index (χ4v) is 1.68. The molecule has 90 valence electrons. The highest BCUT2D eigenvalue weighted by atomic mass is 16.5. The highest BCUT2D eigenvalue weighted by Crippen LogP contribution is 2.17. The fraction of sp³-hybridized carbons (Fsp3) is 0.571. The van der Waals surface area contributed by atoms with Crippen molar-refractivity contribution >= 4 is 0 Å². The summed E-state index contributed by atoms with van der Waals surface area (Å²) in [4.78, 5) is 0. The Morgan fingerprint density at radius 3 is 2.12 bits per heavy atom. The summed E-state index contributed by atoms with van der Waals surface area (Å²) in [6, 6.07) is 6.83. The minimum Gasteiger partial charge on any atom is -0.489 e. The van der Waals surface area contributed by atoms with Gasteiger partial charge in [-0.1, -0.05) is 19.9 Å². The van der Waals surface area contributed by atoms with Crippen molar-refractivity contribution in [1.82, 2.24) is 5.32 Å². The molecule has 1 unspecified atom stereocenters. The molecule has 0 spiro atoms. The third-order valence-electron chi connectivity index (χ3n) is 2.35. The average Bonchev–Trinajstić information content (AvgIpc) is 2.12. The van der Waals surface area contributed by atoms with Gasteiger partial charge < -0.3 is 10.1 Å². The van der Waals surface area contributed by atoms with Crippen LogP contribution >= 0.6 is 0 Å². The van der Waals surface area contributed by atoms with Crippen molar-refractivity contribution in [2.75, 3.05) is 6.54 Å². The van der Waals surface area contributed by atoms with Crippen LogP contribution in [0.15, 0.2) is 18.2 Å². The van der Waals surface area contributed by atoms with E-state index in [9.17, 15) is 0 Å². The summed E-state index contributed by atoms with van der Waals surface area (Å²) < 4.78 is 5.86. The zero-order chi connectivity index (χ0) is 12.1. The van der Waals surface area contributed by atoms with Gasteiger partial charge in [-0.25, -0.2) is 0 Å². The van der Waals surface area contributed by atoms with Crippen LogP contribution in [0.2, 0.25) is 0 Å². The van der Waals surface area contributed by atoms with Gasteiger partial charge in [0.05, 0.1) is 0 Å². The lowest BCUT2D eigenvalue weighted by Gasteiger charge is -2.17. The Labute approximate surface area is 99.0 Å². The molecule has 0 saturated heterocycles. The van der Waals surface area contributed by atoms with E-state index in [2.05, 4.69) is 58.1 Å². The summed E-state index contributed by atoms with van der Waals surface area (Å²) in [5, 5.41) is 3.37. The van der Waals surface area contributed by atoms with Gasteiger partial charge in [-0.3, -0.25) is 0 Å². The Kier molecular flexibility index (Phi) is 4.81. The molecule has 2 heteroatoms. The van der Waals surface area contributed by atoms with Gasteiger partial charge in [-0.15, -0.1) is 0 Å². The Morgan fingerprint density at radius 2 is 1.62 bits per heavy atom. The average molecular weight is 221 g/mol. The van der Waals surface area contributed by atoms with E-state index in [4.69, 9.17) is 4.74 Å². The fourth-order valence-electron chi connectivity index (χ4n) is 1.68. The van der Waals surface area contributed by atoms with Crippen LogP contribution in [-0.4, -0.2) is 18.7 Å². The van der Waals surface area contributed by atoms with Crippen molar-refractivity contribution in [2.45, 2.75) is 46.8 Å². The third-order valence-corrected chi connectivity index (χ3v) is 2.35. The zero-order valence-corrected chi connectivity index (χ0v) is 11.0. The minimum absolute atomic E-state index is 0.198. The minimum atomic E-state index is 0.198. The molecule has 0 bridgehead atoms. The van der Waals surface area contributed by atoms with Gasteiger partial charge in [0.1, 0.15) is 11.9 Å². The van der Waals surface area contributed by atoms with Gasteiger partial charge in [0.25, 0.3) is 0 Å². The summed E-state index contributed by atoms with van der Waals surface area (Å²) >= 11 is 0. The van der Waals surface area contributed by atoms with Gasteiger partial charge in [0, 0.05) is 12.6 Å². The monoisotopic (exact) mass is 221 g/mol. The number of benzene rings is 1. The van der Waals surface area contributed by atoms with E-state index in [1.165, 1.54) is 11.1 Å². The lowest BCUT2D eigenvalue weighted by molar-refractivity contribution is 0.213. The lowest BCUT2D eigenvalue weighted by atomic mass is 10.1. The molecule has 16 heavy (non-hydrogen) atoms. The number of nitrogens with one attached hydrogen (secondary N) is 1. The molecule has 0 radical (unpaired) electrons. The molecule has 0 aliphatic rings. The third kappa shape index (κ3) is 4.67. The molecule has 1 aromatic rings. The van der Waals surface area contributed by atoms with E-state index in [0.717, 1.165) is 12.3 Å². The molecular weight excluding hydrogens is 198 g/mol. The number of aryl methyl sites for hydroxylation is 2. The number of ether oxygens (including phenoxy) is 1. The molecule has 0 saturated carbocycles. The van der Waals surface area contributed by atoms with Crippen LogP contribution in [0.4, 0.5) is 0 Å². The summed E-state index contributed by atoms with van der Waals surface area (Å²) in [5.41, 5.74) is 2.50. The summed E-state index contributed by atoms with van der Waals surface area (Å²) in [5.74, 6) is 0.968. The first-order chi connectivity index (χ1) is 7.47. The Bertz CT molecular complexity index is 313. The Morgan fingerprint density at radius 1 is 1.06 bits per heavy atom. The van der Waals surface area contributed by atoms with Crippen LogP contribution < -0.4 is 10.1 Å². The van der Waals surface area contributed by atoms with Crippen molar-refractivity contribution in [3.05, 3.63) is 29.3 Å². The van der Waals surface area contributed by atoms with E-state index < -0.39 is 0 Å². The van der Waals surface area contributed by atoms with E-state index in [0.29, 0.717) is 6.04 Å². The molecule has 0 heterocycles. The highest BCUT2D eigenvalue weighted by Gasteiger charge is 2.05. The van der Waals surface area contributed by atoms with E-state index in [1.54, 1.807) is 0 Å². The van der Waals surface area contributed by atoms with E-state index in [1.807, 2.05) is 0 Å².